The molecule has 0 bridgehead atoms. The molecule has 7 heteroatoms. The molecule has 134 valence electrons. The third kappa shape index (κ3) is 4.27. The SMILES string of the molecule is CN(CC(=O)Nc1c(Cl)cccc1Cl)Cc1c(Cl)ccc2cccnc12. The molecule has 0 aliphatic rings. The Balaban J connectivity index is 1.72. The summed E-state index contributed by atoms with van der Waals surface area (Å²) in [5.41, 5.74) is 2.14. The van der Waals surface area contributed by atoms with Crippen molar-refractivity contribution in [1.29, 1.82) is 0 Å². The van der Waals surface area contributed by atoms with Gasteiger partial charge in [-0.3, -0.25) is 14.7 Å². The number of benzene rings is 2. The van der Waals surface area contributed by atoms with Crippen molar-refractivity contribution < 1.29 is 4.79 Å². The molecule has 1 amide bonds. The van der Waals surface area contributed by atoms with Gasteiger partial charge in [0.1, 0.15) is 0 Å². The third-order valence-corrected chi connectivity index (χ3v) is 4.88. The van der Waals surface area contributed by atoms with Crippen molar-refractivity contribution in [1.82, 2.24) is 9.88 Å². The van der Waals surface area contributed by atoms with Gasteiger partial charge in [-0.2, -0.15) is 0 Å². The highest BCUT2D eigenvalue weighted by molar-refractivity contribution is 6.39. The number of halogens is 3. The minimum atomic E-state index is -0.216. The molecule has 1 N–H and O–H groups in total. The van der Waals surface area contributed by atoms with Crippen LogP contribution in [-0.4, -0.2) is 29.4 Å². The molecule has 0 fully saturated rings. The molecular weight excluding hydrogens is 393 g/mol. The number of carbonyl (C=O) groups is 1. The summed E-state index contributed by atoms with van der Waals surface area (Å²) in [4.78, 5) is 18.6. The lowest BCUT2D eigenvalue weighted by atomic mass is 10.1. The Morgan fingerprint density at radius 1 is 1.04 bits per heavy atom. The Kier molecular flexibility index (Phi) is 5.99. The molecule has 3 aromatic rings. The molecule has 0 spiro atoms. The Labute approximate surface area is 166 Å². The number of fused-ring (bicyclic) bond motifs is 1. The van der Waals surface area contributed by atoms with Crippen LogP contribution in [0.4, 0.5) is 5.69 Å². The summed E-state index contributed by atoms with van der Waals surface area (Å²) in [6.45, 7) is 0.637. The van der Waals surface area contributed by atoms with E-state index in [9.17, 15) is 4.79 Å². The Morgan fingerprint density at radius 2 is 1.77 bits per heavy atom. The fraction of sp³-hybridized carbons (Fsp3) is 0.158. The van der Waals surface area contributed by atoms with Gasteiger partial charge in [-0.15, -0.1) is 0 Å². The number of hydrogen-bond donors (Lipinski definition) is 1. The topological polar surface area (TPSA) is 45.2 Å². The molecular formula is C19H16Cl3N3O. The summed E-state index contributed by atoms with van der Waals surface area (Å²) in [6, 6.07) is 12.7. The number of likely N-dealkylation sites (N-methyl/N-ethyl adjacent to an activating group) is 1. The maximum absolute atomic E-state index is 12.3. The molecule has 4 nitrogen and oxygen atoms in total. The molecule has 1 aromatic heterocycles. The molecule has 0 aliphatic carbocycles. The minimum Gasteiger partial charge on any atom is -0.322 e. The third-order valence-electron chi connectivity index (χ3n) is 3.89. The van der Waals surface area contributed by atoms with Crippen LogP contribution in [0.3, 0.4) is 0 Å². The van der Waals surface area contributed by atoms with Crippen LogP contribution in [0, 0.1) is 0 Å². The van der Waals surface area contributed by atoms with Gasteiger partial charge < -0.3 is 5.32 Å². The number of amides is 1. The van der Waals surface area contributed by atoms with E-state index in [0.717, 1.165) is 16.5 Å². The lowest BCUT2D eigenvalue weighted by Gasteiger charge is -2.18. The maximum Gasteiger partial charge on any atom is 0.238 e. The lowest BCUT2D eigenvalue weighted by molar-refractivity contribution is -0.117. The second-order valence-corrected chi connectivity index (χ2v) is 7.14. The minimum absolute atomic E-state index is 0.154. The van der Waals surface area contributed by atoms with Gasteiger partial charge in [0.05, 0.1) is 27.8 Å². The summed E-state index contributed by atoms with van der Waals surface area (Å²) in [5, 5.41) is 5.18. The van der Waals surface area contributed by atoms with Gasteiger partial charge in [0.25, 0.3) is 0 Å². The molecule has 0 unspecified atom stereocenters. The average Bonchev–Trinajstić information content (AvgIpc) is 2.61. The number of nitrogens with one attached hydrogen (secondary N) is 1. The number of para-hydroxylation sites is 1. The summed E-state index contributed by atoms with van der Waals surface area (Å²) < 4.78 is 0. The van der Waals surface area contributed by atoms with Crippen LogP contribution in [0.2, 0.25) is 15.1 Å². The maximum atomic E-state index is 12.3. The van der Waals surface area contributed by atoms with E-state index in [0.29, 0.717) is 27.3 Å². The van der Waals surface area contributed by atoms with Crippen molar-refractivity contribution in [2.45, 2.75) is 6.54 Å². The summed E-state index contributed by atoms with van der Waals surface area (Å²) in [7, 11) is 1.84. The first-order valence-electron chi connectivity index (χ1n) is 7.90. The fourth-order valence-corrected chi connectivity index (χ4v) is 3.40. The van der Waals surface area contributed by atoms with Crippen LogP contribution in [-0.2, 0) is 11.3 Å². The predicted molar refractivity (Wildman–Crippen MR) is 108 cm³/mol. The zero-order valence-corrected chi connectivity index (χ0v) is 16.2. The van der Waals surface area contributed by atoms with E-state index in [1.165, 1.54) is 0 Å². The highest BCUT2D eigenvalue weighted by Gasteiger charge is 2.14. The van der Waals surface area contributed by atoms with Crippen LogP contribution in [0.1, 0.15) is 5.56 Å². The molecule has 26 heavy (non-hydrogen) atoms. The molecule has 0 radical (unpaired) electrons. The smallest absolute Gasteiger partial charge is 0.238 e. The van der Waals surface area contributed by atoms with Crippen molar-refractivity contribution in [2.24, 2.45) is 0 Å². The van der Waals surface area contributed by atoms with Gasteiger partial charge in [0, 0.05) is 28.7 Å². The molecule has 2 aromatic carbocycles. The van der Waals surface area contributed by atoms with Gasteiger partial charge >= 0.3 is 0 Å². The summed E-state index contributed by atoms with van der Waals surface area (Å²) in [6.07, 6.45) is 1.73. The van der Waals surface area contributed by atoms with E-state index in [1.54, 1.807) is 24.4 Å². The Morgan fingerprint density at radius 3 is 2.50 bits per heavy atom. The van der Waals surface area contributed by atoms with Crippen molar-refractivity contribution in [2.75, 3.05) is 18.9 Å². The Hall–Kier alpha value is -1.85. The second kappa shape index (κ2) is 8.23. The highest BCUT2D eigenvalue weighted by Crippen LogP contribution is 2.30. The number of aromatic nitrogens is 1. The average molecular weight is 409 g/mol. The van der Waals surface area contributed by atoms with Gasteiger partial charge in [0.15, 0.2) is 0 Å². The summed E-state index contributed by atoms with van der Waals surface area (Å²) in [5.74, 6) is -0.216. The van der Waals surface area contributed by atoms with Gasteiger partial charge in [-0.25, -0.2) is 0 Å². The van der Waals surface area contributed by atoms with Crippen LogP contribution in [0.25, 0.3) is 10.9 Å². The number of anilines is 1. The first-order valence-corrected chi connectivity index (χ1v) is 9.03. The van der Waals surface area contributed by atoms with E-state index >= 15 is 0 Å². The van der Waals surface area contributed by atoms with Crippen LogP contribution < -0.4 is 5.32 Å². The molecule has 0 saturated heterocycles. The van der Waals surface area contributed by atoms with Crippen LogP contribution >= 0.6 is 34.8 Å². The predicted octanol–water partition coefficient (Wildman–Crippen LogP) is 5.27. The standard InChI is InChI=1S/C19H16Cl3N3O/c1-25(11-17(26)24-19-15(21)5-2-6-16(19)22)10-13-14(20)8-7-12-4-3-9-23-18(12)13/h2-9H,10-11H2,1H3,(H,24,26). The van der Waals surface area contributed by atoms with Gasteiger partial charge in [-0.05, 0) is 31.3 Å². The molecule has 0 aliphatic heterocycles. The first-order chi connectivity index (χ1) is 12.5. The van der Waals surface area contributed by atoms with Crippen molar-refractivity contribution in [3.63, 3.8) is 0 Å². The zero-order valence-electron chi connectivity index (χ0n) is 14.0. The molecule has 0 saturated carbocycles. The van der Waals surface area contributed by atoms with E-state index in [2.05, 4.69) is 10.3 Å². The van der Waals surface area contributed by atoms with E-state index in [4.69, 9.17) is 34.8 Å². The van der Waals surface area contributed by atoms with Crippen LogP contribution in [0.15, 0.2) is 48.7 Å². The highest BCUT2D eigenvalue weighted by atomic mass is 35.5. The second-order valence-electron chi connectivity index (χ2n) is 5.92. The molecule has 3 rings (SSSR count). The van der Waals surface area contributed by atoms with E-state index < -0.39 is 0 Å². The largest absolute Gasteiger partial charge is 0.322 e. The lowest BCUT2D eigenvalue weighted by Crippen LogP contribution is -2.30. The van der Waals surface area contributed by atoms with E-state index in [-0.39, 0.29) is 12.5 Å². The zero-order chi connectivity index (χ0) is 18.7. The number of carbonyl (C=O) groups excluding carboxylic acids is 1. The van der Waals surface area contributed by atoms with Gasteiger partial charge in [0.2, 0.25) is 5.91 Å². The number of hydrogen-bond acceptors (Lipinski definition) is 3. The number of rotatable bonds is 5. The van der Waals surface area contributed by atoms with Crippen LogP contribution in [0.5, 0.6) is 0 Å². The first kappa shape index (κ1) is 18.9. The fourth-order valence-electron chi connectivity index (χ4n) is 2.70. The molecule has 0 atom stereocenters. The molecule has 1 heterocycles. The monoisotopic (exact) mass is 407 g/mol. The van der Waals surface area contributed by atoms with Crippen molar-refractivity contribution in [3.05, 3.63) is 69.3 Å². The van der Waals surface area contributed by atoms with Crippen molar-refractivity contribution in [3.8, 4) is 0 Å². The number of pyridine rings is 1. The Bertz CT molecular complexity index is 942. The number of nitrogens with zero attached hydrogens (tertiary/aromatic N) is 2. The normalized spacial score (nSPS) is 11.1. The van der Waals surface area contributed by atoms with E-state index in [1.807, 2.05) is 36.2 Å². The van der Waals surface area contributed by atoms with Gasteiger partial charge in [-0.1, -0.05) is 53.0 Å². The quantitative estimate of drug-likeness (QED) is 0.626. The summed E-state index contributed by atoms with van der Waals surface area (Å²) >= 11 is 18.5. The van der Waals surface area contributed by atoms with Crippen molar-refractivity contribution >= 4 is 57.3 Å².